The molecule has 2 aliphatic carbocycles. The van der Waals surface area contributed by atoms with Crippen LogP contribution in [0.3, 0.4) is 0 Å². The predicted octanol–water partition coefficient (Wildman–Crippen LogP) is 2.24. The van der Waals surface area contributed by atoms with Crippen LogP contribution in [-0.4, -0.2) is 44.8 Å². The first-order chi connectivity index (χ1) is 11.8. The molecular formula is C19H27N3O2. The third kappa shape index (κ3) is 3.73. The number of rotatable bonds is 5. The lowest BCUT2D eigenvalue weighted by Gasteiger charge is -2.28. The van der Waals surface area contributed by atoms with E-state index in [1.165, 1.54) is 31.4 Å². The highest BCUT2D eigenvalue weighted by atomic mass is 16.5. The average Bonchev–Trinajstić information content (AvgIpc) is 3.42. The average molecular weight is 329 g/mol. The number of nitrogens with one attached hydrogen (secondary N) is 2. The van der Waals surface area contributed by atoms with Crippen LogP contribution in [0.5, 0.6) is 0 Å². The van der Waals surface area contributed by atoms with Gasteiger partial charge in [-0.1, -0.05) is 12.8 Å². The number of carbonyl (C=O) groups is 1. The number of morpholine rings is 1. The molecule has 2 N–H and O–H groups in total. The van der Waals surface area contributed by atoms with Crippen LogP contribution in [0.15, 0.2) is 24.3 Å². The first-order valence-corrected chi connectivity index (χ1v) is 9.25. The van der Waals surface area contributed by atoms with Crippen molar-refractivity contribution in [2.24, 2.45) is 11.8 Å². The van der Waals surface area contributed by atoms with Gasteiger partial charge in [0.15, 0.2) is 0 Å². The summed E-state index contributed by atoms with van der Waals surface area (Å²) in [6, 6.07) is 8.67. The van der Waals surface area contributed by atoms with Gasteiger partial charge in [-0.05, 0) is 48.9 Å². The van der Waals surface area contributed by atoms with Gasteiger partial charge in [-0.3, -0.25) is 4.79 Å². The Morgan fingerprint density at radius 1 is 1.17 bits per heavy atom. The maximum atomic E-state index is 12.2. The Kier molecular flexibility index (Phi) is 4.72. The predicted molar refractivity (Wildman–Crippen MR) is 95.3 cm³/mol. The van der Waals surface area contributed by atoms with Gasteiger partial charge in [0.05, 0.1) is 19.8 Å². The third-order valence-electron chi connectivity index (χ3n) is 5.64. The highest BCUT2D eigenvalue weighted by Crippen LogP contribution is 2.49. The zero-order valence-electron chi connectivity index (χ0n) is 14.2. The number of ether oxygens (including phenoxy) is 1. The number of anilines is 2. The van der Waals surface area contributed by atoms with E-state index in [1.54, 1.807) is 0 Å². The van der Waals surface area contributed by atoms with E-state index in [4.69, 9.17) is 4.74 Å². The molecule has 1 heterocycles. The van der Waals surface area contributed by atoms with E-state index in [0.29, 0.717) is 12.6 Å². The van der Waals surface area contributed by atoms with Crippen molar-refractivity contribution >= 4 is 17.3 Å². The van der Waals surface area contributed by atoms with Crippen molar-refractivity contribution < 1.29 is 9.53 Å². The summed E-state index contributed by atoms with van der Waals surface area (Å²) in [5, 5.41) is 6.46. The number of hydrogen-bond acceptors (Lipinski definition) is 4. The number of fused-ring (bicyclic) bond motifs is 1. The van der Waals surface area contributed by atoms with Crippen molar-refractivity contribution in [3.63, 3.8) is 0 Å². The Labute approximate surface area is 143 Å². The topological polar surface area (TPSA) is 53.6 Å². The number of amides is 1. The molecule has 3 unspecified atom stereocenters. The summed E-state index contributed by atoms with van der Waals surface area (Å²) >= 11 is 0. The van der Waals surface area contributed by atoms with Crippen LogP contribution in [0.1, 0.15) is 25.7 Å². The normalized spacial score (nSPS) is 29.0. The van der Waals surface area contributed by atoms with Crippen molar-refractivity contribution in [1.82, 2.24) is 5.32 Å². The number of hydrogen-bond donors (Lipinski definition) is 2. The molecule has 3 aliphatic rings. The minimum Gasteiger partial charge on any atom is -0.378 e. The van der Waals surface area contributed by atoms with E-state index in [1.807, 2.05) is 12.1 Å². The van der Waals surface area contributed by atoms with Crippen molar-refractivity contribution in [2.75, 3.05) is 43.1 Å². The molecule has 5 heteroatoms. The summed E-state index contributed by atoms with van der Waals surface area (Å²) in [7, 11) is 0. The summed E-state index contributed by atoms with van der Waals surface area (Å²) in [4.78, 5) is 14.5. The molecular weight excluding hydrogens is 302 g/mol. The van der Waals surface area contributed by atoms with E-state index in [0.717, 1.165) is 43.8 Å². The quantitative estimate of drug-likeness (QED) is 0.870. The minimum atomic E-state index is 0.0527. The van der Waals surface area contributed by atoms with Crippen LogP contribution >= 0.6 is 0 Å². The third-order valence-corrected chi connectivity index (χ3v) is 5.64. The van der Waals surface area contributed by atoms with Crippen LogP contribution in [0.25, 0.3) is 0 Å². The van der Waals surface area contributed by atoms with Crippen LogP contribution in [0.4, 0.5) is 11.4 Å². The molecule has 3 fully saturated rings. The van der Waals surface area contributed by atoms with Gasteiger partial charge < -0.3 is 20.3 Å². The summed E-state index contributed by atoms with van der Waals surface area (Å²) in [6.45, 7) is 3.85. The fourth-order valence-corrected chi connectivity index (χ4v) is 4.17. The van der Waals surface area contributed by atoms with E-state index in [2.05, 4.69) is 27.7 Å². The smallest absolute Gasteiger partial charge is 0.238 e. The van der Waals surface area contributed by atoms with Crippen molar-refractivity contribution in [3.8, 4) is 0 Å². The van der Waals surface area contributed by atoms with Gasteiger partial charge >= 0.3 is 0 Å². The molecule has 1 aliphatic heterocycles. The lowest BCUT2D eigenvalue weighted by molar-refractivity contribution is -0.115. The maximum absolute atomic E-state index is 12.2. The van der Waals surface area contributed by atoms with Crippen molar-refractivity contribution in [3.05, 3.63) is 24.3 Å². The molecule has 1 aromatic rings. The summed E-state index contributed by atoms with van der Waals surface area (Å²) in [5.74, 6) is 1.82. The Bertz CT molecular complexity index is 568. The fraction of sp³-hybridized carbons (Fsp3) is 0.632. The Balaban J connectivity index is 1.24. The van der Waals surface area contributed by atoms with E-state index < -0.39 is 0 Å². The molecule has 24 heavy (non-hydrogen) atoms. The molecule has 0 bridgehead atoms. The van der Waals surface area contributed by atoms with Gasteiger partial charge in [-0.15, -0.1) is 0 Å². The monoisotopic (exact) mass is 329 g/mol. The van der Waals surface area contributed by atoms with Gasteiger partial charge in [0.2, 0.25) is 5.91 Å². The Morgan fingerprint density at radius 3 is 2.75 bits per heavy atom. The molecule has 1 amide bonds. The van der Waals surface area contributed by atoms with Gasteiger partial charge in [0, 0.05) is 30.5 Å². The summed E-state index contributed by atoms with van der Waals surface area (Å²) in [5.41, 5.74) is 2.06. The highest BCUT2D eigenvalue weighted by molar-refractivity contribution is 5.92. The zero-order chi connectivity index (χ0) is 16.4. The van der Waals surface area contributed by atoms with Crippen LogP contribution in [0, 0.1) is 11.8 Å². The first-order valence-electron chi connectivity index (χ1n) is 9.25. The second-order valence-electron chi connectivity index (χ2n) is 7.27. The Hall–Kier alpha value is -1.59. The molecule has 2 saturated carbocycles. The van der Waals surface area contributed by atoms with Crippen LogP contribution in [0.2, 0.25) is 0 Å². The lowest BCUT2D eigenvalue weighted by atomic mass is 9.95. The minimum absolute atomic E-state index is 0.0527. The van der Waals surface area contributed by atoms with Crippen LogP contribution in [-0.2, 0) is 9.53 Å². The number of nitrogens with zero attached hydrogens (tertiary/aromatic N) is 1. The molecule has 1 saturated heterocycles. The molecule has 4 rings (SSSR count). The first kappa shape index (κ1) is 15.9. The van der Waals surface area contributed by atoms with E-state index in [-0.39, 0.29) is 5.91 Å². The van der Waals surface area contributed by atoms with Gasteiger partial charge in [-0.2, -0.15) is 0 Å². The summed E-state index contributed by atoms with van der Waals surface area (Å²) < 4.78 is 5.38. The van der Waals surface area contributed by atoms with Crippen LogP contribution < -0.4 is 15.5 Å². The number of carbonyl (C=O) groups excluding carboxylic acids is 1. The standard InChI is InChI=1S/C19H27N3O2/c23-19(13-20-18-3-1-2-14-12-17(14)18)21-15-4-6-16(7-5-15)22-8-10-24-11-9-22/h4-7,14,17-18,20H,1-3,8-13H2,(H,21,23). The fourth-order valence-electron chi connectivity index (χ4n) is 4.17. The zero-order valence-corrected chi connectivity index (χ0v) is 14.2. The molecule has 0 aromatic heterocycles. The Morgan fingerprint density at radius 2 is 1.96 bits per heavy atom. The van der Waals surface area contributed by atoms with E-state index >= 15 is 0 Å². The van der Waals surface area contributed by atoms with Gasteiger partial charge in [-0.25, -0.2) is 0 Å². The van der Waals surface area contributed by atoms with Crippen molar-refractivity contribution in [2.45, 2.75) is 31.7 Å². The van der Waals surface area contributed by atoms with Crippen molar-refractivity contribution in [1.29, 1.82) is 0 Å². The SMILES string of the molecule is O=C(CNC1CCCC2CC21)Nc1ccc(N2CCOCC2)cc1. The van der Waals surface area contributed by atoms with Gasteiger partial charge in [0.1, 0.15) is 0 Å². The lowest BCUT2D eigenvalue weighted by Crippen LogP contribution is -2.39. The van der Waals surface area contributed by atoms with Gasteiger partial charge in [0.25, 0.3) is 0 Å². The largest absolute Gasteiger partial charge is 0.378 e. The molecule has 3 atom stereocenters. The number of benzene rings is 1. The molecule has 0 radical (unpaired) electrons. The molecule has 0 spiro atoms. The van der Waals surface area contributed by atoms with E-state index in [9.17, 15) is 4.79 Å². The highest BCUT2D eigenvalue weighted by Gasteiger charge is 2.44. The molecule has 130 valence electrons. The maximum Gasteiger partial charge on any atom is 0.238 e. The second-order valence-corrected chi connectivity index (χ2v) is 7.27. The second kappa shape index (κ2) is 7.11. The molecule has 5 nitrogen and oxygen atoms in total. The summed E-state index contributed by atoms with van der Waals surface area (Å²) in [6.07, 6.45) is 5.29. The molecule has 1 aromatic carbocycles.